The number of nitrogens with two attached hydrogens (primary N) is 1. The fourth-order valence-electron chi connectivity index (χ4n) is 2.25. The van der Waals surface area contributed by atoms with Crippen molar-refractivity contribution >= 4 is 17.1 Å². The van der Waals surface area contributed by atoms with Crippen molar-refractivity contribution in [1.82, 2.24) is 19.9 Å². The van der Waals surface area contributed by atoms with Gasteiger partial charge >= 0.3 is 0 Å². The van der Waals surface area contributed by atoms with Gasteiger partial charge in [-0.2, -0.15) is 4.98 Å². The number of nitrogens with zero attached hydrogens (tertiary/aromatic N) is 3. The summed E-state index contributed by atoms with van der Waals surface area (Å²) in [6.45, 7) is 1.11. The Balaban J connectivity index is 1.92. The minimum atomic E-state index is 0.189. The minimum Gasteiger partial charge on any atom is -0.486 e. The molecule has 0 unspecified atom stereocenters. The van der Waals surface area contributed by atoms with Crippen LogP contribution in [0, 0.1) is 0 Å². The first kappa shape index (κ1) is 11.0. The molecule has 7 nitrogen and oxygen atoms in total. The maximum Gasteiger partial charge on any atom is 0.222 e. The quantitative estimate of drug-likeness (QED) is 0.692. The number of aromatic nitrogens is 4. The summed E-state index contributed by atoms with van der Waals surface area (Å²) in [5.74, 6) is 1.64. The highest BCUT2D eigenvalue weighted by Gasteiger charge is 2.16. The molecular formula is C13H11N5O2. The highest BCUT2D eigenvalue weighted by Crippen LogP contribution is 2.35. The summed E-state index contributed by atoms with van der Waals surface area (Å²) in [5, 5.41) is 0. The van der Waals surface area contributed by atoms with Gasteiger partial charge in [-0.3, -0.25) is 0 Å². The summed E-state index contributed by atoms with van der Waals surface area (Å²) in [7, 11) is 0. The summed E-state index contributed by atoms with van der Waals surface area (Å²) in [5.41, 5.74) is 8.59. The number of hydrogen-bond donors (Lipinski definition) is 2. The molecule has 3 heterocycles. The highest BCUT2D eigenvalue weighted by atomic mass is 16.6. The molecular weight excluding hydrogens is 258 g/mol. The zero-order chi connectivity index (χ0) is 13.5. The van der Waals surface area contributed by atoms with Gasteiger partial charge in [0.25, 0.3) is 0 Å². The van der Waals surface area contributed by atoms with Crippen LogP contribution in [0.25, 0.3) is 22.4 Å². The predicted octanol–water partition coefficient (Wildman–Crippen LogP) is 1.37. The molecule has 1 aromatic carbocycles. The van der Waals surface area contributed by atoms with Crippen molar-refractivity contribution in [3.8, 4) is 22.8 Å². The van der Waals surface area contributed by atoms with Gasteiger partial charge in [-0.05, 0) is 18.2 Å². The Hall–Kier alpha value is -2.83. The van der Waals surface area contributed by atoms with E-state index in [2.05, 4.69) is 19.9 Å². The molecule has 0 aliphatic carbocycles. The molecule has 3 N–H and O–H groups in total. The van der Waals surface area contributed by atoms with Gasteiger partial charge in [0.1, 0.15) is 24.4 Å². The molecule has 1 aliphatic rings. The number of benzene rings is 1. The summed E-state index contributed by atoms with van der Waals surface area (Å²) in [6.07, 6.45) is 1.57. The lowest BCUT2D eigenvalue weighted by molar-refractivity contribution is 0.171. The van der Waals surface area contributed by atoms with Crippen LogP contribution in [0.1, 0.15) is 0 Å². The Morgan fingerprint density at radius 1 is 1.10 bits per heavy atom. The van der Waals surface area contributed by atoms with Gasteiger partial charge in [0.15, 0.2) is 17.1 Å². The Labute approximate surface area is 113 Å². The largest absolute Gasteiger partial charge is 0.486 e. The minimum absolute atomic E-state index is 0.189. The van der Waals surface area contributed by atoms with Crippen LogP contribution in [0.15, 0.2) is 24.5 Å². The number of fused-ring (bicyclic) bond motifs is 2. The lowest BCUT2D eigenvalue weighted by Crippen LogP contribution is -2.15. The van der Waals surface area contributed by atoms with E-state index in [1.807, 2.05) is 18.2 Å². The van der Waals surface area contributed by atoms with E-state index in [-0.39, 0.29) is 5.95 Å². The number of imidazole rings is 1. The van der Waals surface area contributed by atoms with Crippen LogP contribution in [-0.4, -0.2) is 33.1 Å². The number of nitrogen functional groups attached to an aromatic ring is 1. The molecule has 0 saturated carbocycles. The maximum absolute atomic E-state index is 5.73. The number of nitrogens with one attached hydrogen (secondary N) is 1. The molecule has 0 radical (unpaired) electrons. The average molecular weight is 269 g/mol. The number of H-pyrrole nitrogens is 1. The van der Waals surface area contributed by atoms with Gasteiger partial charge in [0.05, 0.1) is 6.33 Å². The van der Waals surface area contributed by atoms with Crippen LogP contribution in [0.4, 0.5) is 5.95 Å². The first-order valence-electron chi connectivity index (χ1n) is 6.18. The van der Waals surface area contributed by atoms with Crippen molar-refractivity contribution in [3.63, 3.8) is 0 Å². The van der Waals surface area contributed by atoms with Gasteiger partial charge in [0, 0.05) is 5.56 Å². The Morgan fingerprint density at radius 3 is 2.85 bits per heavy atom. The summed E-state index contributed by atoms with van der Waals surface area (Å²) in [4.78, 5) is 15.5. The molecule has 2 aromatic heterocycles. The van der Waals surface area contributed by atoms with Crippen LogP contribution in [0.5, 0.6) is 11.5 Å². The Kier molecular flexibility index (Phi) is 2.26. The number of ether oxygens (including phenoxy) is 2. The number of aromatic amines is 1. The molecule has 0 fully saturated rings. The molecule has 4 rings (SSSR count). The topological polar surface area (TPSA) is 98.9 Å². The monoisotopic (exact) mass is 269 g/mol. The van der Waals surface area contributed by atoms with Crippen LogP contribution < -0.4 is 15.2 Å². The molecule has 3 aromatic rings. The first-order valence-corrected chi connectivity index (χ1v) is 6.18. The van der Waals surface area contributed by atoms with Crippen molar-refractivity contribution in [2.75, 3.05) is 18.9 Å². The second-order valence-corrected chi connectivity index (χ2v) is 4.39. The van der Waals surface area contributed by atoms with Gasteiger partial charge in [-0.25, -0.2) is 9.97 Å². The summed E-state index contributed by atoms with van der Waals surface area (Å²) in [6, 6.07) is 5.66. The normalized spacial score (nSPS) is 13.6. The third kappa shape index (κ3) is 1.63. The van der Waals surface area contributed by atoms with Crippen LogP contribution in [-0.2, 0) is 0 Å². The highest BCUT2D eigenvalue weighted by molar-refractivity contribution is 5.88. The van der Waals surface area contributed by atoms with Crippen LogP contribution in [0.3, 0.4) is 0 Å². The van der Waals surface area contributed by atoms with Gasteiger partial charge < -0.3 is 20.2 Å². The number of rotatable bonds is 1. The van der Waals surface area contributed by atoms with Gasteiger partial charge in [-0.1, -0.05) is 0 Å². The van der Waals surface area contributed by atoms with Crippen molar-refractivity contribution < 1.29 is 9.47 Å². The Bertz CT molecular complexity index is 799. The smallest absolute Gasteiger partial charge is 0.222 e. The first-order chi connectivity index (χ1) is 9.81. The van der Waals surface area contributed by atoms with E-state index >= 15 is 0 Å². The molecule has 1 aliphatic heterocycles. The molecule has 20 heavy (non-hydrogen) atoms. The van der Waals surface area contributed by atoms with E-state index in [9.17, 15) is 0 Å². The predicted molar refractivity (Wildman–Crippen MR) is 72.5 cm³/mol. The van der Waals surface area contributed by atoms with Crippen molar-refractivity contribution in [2.45, 2.75) is 0 Å². The number of anilines is 1. The van der Waals surface area contributed by atoms with Crippen molar-refractivity contribution in [1.29, 1.82) is 0 Å². The molecule has 100 valence electrons. The van der Waals surface area contributed by atoms with E-state index in [1.54, 1.807) is 6.33 Å². The molecule has 0 amide bonds. The van der Waals surface area contributed by atoms with E-state index in [4.69, 9.17) is 15.2 Å². The van der Waals surface area contributed by atoms with E-state index < -0.39 is 0 Å². The van der Waals surface area contributed by atoms with Gasteiger partial charge in [0.2, 0.25) is 5.95 Å². The number of hydrogen-bond acceptors (Lipinski definition) is 6. The third-order valence-corrected chi connectivity index (χ3v) is 3.12. The average Bonchev–Trinajstić information content (AvgIpc) is 2.94. The molecule has 7 heteroatoms. The third-order valence-electron chi connectivity index (χ3n) is 3.12. The maximum atomic E-state index is 5.73. The summed E-state index contributed by atoms with van der Waals surface area (Å²) < 4.78 is 11.1. The standard InChI is InChI=1S/C13H11N5O2/c14-13-17-10(11-12(18-13)16-6-15-11)7-1-2-8-9(5-7)20-4-3-19-8/h1-2,5-6H,3-4H2,(H3,14,15,16,17,18). The molecule has 0 saturated heterocycles. The van der Waals surface area contributed by atoms with Crippen molar-refractivity contribution in [3.05, 3.63) is 24.5 Å². The fourth-order valence-corrected chi connectivity index (χ4v) is 2.25. The second kappa shape index (κ2) is 4.09. The molecule has 0 atom stereocenters. The zero-order valence-electron chi connectivity index (χ0n) is 10.5. The Morgan fingerprint density at radius 2 is 1.95 bits per heavy atom. The second-order valence-electron chi connectivity index (χ2n) is 4.39. The van der Waals surface area contributed by atoms with Gasteiger partial charge in [-0.15, -0.1) is 0 Å². The van der Waals surface area contributed by atoms with Crippen molar-refractivity contribution in [2.24, 2.45) is 0 Å². The fraction of sp³-hybridized carbons (Fsp3) is 0.154. The zero-order valence-corrected chi connectivity index (χ0v) is 10.5. The lowest BCUT2D eigenvalue weighted by atomic mass is 10.1. The molecule has 0 bridgehead atoms. The lowest BCUT2D eigenvalue weighted by Gasteiger charge is -2.18. The van der Waals surface area contributed by atoms with Crippen LogP contribution >= 0.6 is 0 Å². The molecule has 0 spiro atoms. The van der Waals surface area contributed by atoms with E-state index in [1.165, 1.54) is 0 Å². The SMILES string of the molecule is Nc1nc(-c2ccc3c(c2)OCCO3)c2[nH]cnc2n1. The van der Waals surface area contributed by atoms with E-state index in [0.29, 0.717) is 30.3 Å². The van der Waals surface area contributed by atoms with Crippen LogP contribution in [0.2, 0.25) is 0 Å². The summed E-state index contributed by atoms with van der Waals surface area (Å²) >= 11 is 0. The van der Waals surface area contributed by atoms with E-state index in [0.717, 1.165) is 16.8 Å².